The van der Waals surface area contributed by atoms with Crippen molar-refractivity contribution in [1.82, 2.24) is 14.5 Å². The summed E-state index contributed by atoms with van der Waals surface area (Å²) in [4.78, 5) is 11.5. The minimum atomic E-state index is -2.90. The number of hydrogen-bond acceptors (Lipinski definition) is 2. The normalized spacial score (nSPS) is 14.2. The first-order valence-electron chi connectivity index (χ1n) is 20.5. The molecule has 0 saturated heterocycles. The van der Waals surface area contributed by atoms with E-state index < -0.39 is 8.07 Å². The predicted molar refractivity (Wildman–Crippen MR) is 247 cm³/mol. The second-order valence-electron chi connectivity index (χ2n) is 16.5. The molecule has 3 heterocycles. The molecule has 10 aromatic rings. The van der Waals surface area contributed by atoms with Gasteiger partial charge in [-0.15, -0.1) is 0 Å². The summed E-state index contributed by atoms with van der Waals surface area (Å²) < 4.78 is 2.45. The second kappa shape index (κ2) is 12.7. The van der Waals surface area contributed by atoms with Gasteiger partial charge in [-0.25, -0.2) is 9.97 Å². The fourth-order valence-electron chi connectivity index (χ4n) is 10.5. The molecule has 0 unspecified atom stereocenters. The molecule has 2 aliphatic rings. The third-order valence-corrected chi connectivity index (χ3v) is 18.0. The number of hydrogen-bond donors (Lipinski definition) is 0. The molecule has 0 N–H and O–H groups in total. The summed E-state index contributed by atoms with van der Waals surface area (Å²) in [5.41, 5.74) is 14.0. The van der Waals surface area contributed by atoms with E-state index in [-0.39, 0.29) is 5.41 Å². The van der Waals surface area contributed by atoms with E-state index >= 15 is 0 Å². The molecule has 8 aromatic carbocycles. The smallest absolute Gasteiger partial charge is 0.185 e. The Morgan fingerprint density at radius 3 is 1.76 bits per heavy atom. The molecule has 4 heteroatoms. The van der Waals surface area contributed by atoms with Gasteiger partial charge in [-0.2, -0.15) is 0 Å². The Morgan fingerprint density at radius 2 is 1.02 bits per heavy atom. The first-order chi connectivity index (χ1) is 29.0. The lowest BCUT2D eigenvalue weighted by Crippen LogP contribution is -2.73. The lowest BCUT2D eigenvalue weighted by molar-refractivity contribution is 0.661. The van der Waals surface area contributed by atoms with Crippen molar-refractivity contribution in [3.05, 3.63) is 211 Å². The first-order valence-corrected chi connectivity index (χ1v) is 22.5. The monoisotopic (exact) mass is 769 g/mol. The van der Waals surface area contributed by atoms with Crippen LogP contribution in [-0.4, -0.2) is 22.6 Å². The lowest BCUT2D eigenvalue weighted by Gasteiger charge is -2.32. The third-order valence-electron chi connectivity index (χ3n) is 13.1. The van der Waals surface area contributed by atoms with E-state index in [9.17, 15) is 0 Å². The zero-order chi connectivity index (χ0) is 39.3. The van der Waals surface area contributed by atoms with Crippen LogP contribution in [0, 0.1) is 0 Å². The van der Waals surface area contributed by atoms with Crippen molar-refractivity contribution >= 4 is 50.6 Å². The maximum Gasteiger partial charge on any atom is 0.185 e. The van der Waals surface area contributed by atoms with Gasteiger partial charge in [0.15, 0.2) is 13.9 Å². The predicted octanol–water partition coefficient (Wildman–Crippen LogP) is 10.6. The molecular formula is C55H39N3Si. The highest BCUT2D eigenvalue weighted by Gasteiger charge is 2.51. The summed E-state index contributed by atoms with van der Waals surface area (Å²) >= 11 is 0. The van der Waals surface area contributed by atoms with Crippen molar-refractivity contribution in [2.24, 2.45) is 0 Å². The summed E-state index contributed by atoms with van der Waals surface area (Å²) in [6.07, 6.45) is 0. The quantitative estimate of drug-likeness (QED) is 0.163. The first kappa shape index (κ1) is 33.9. The van der Waals surface area contributed by atoms with Gasteiger partial charge >= 0.3 is 0 Å². The molecule has 0 amide bonds. The Hall–Kier alpha value is -7.14. The highest BCUT2D eigenvalue weighted by Crippen LogP contribution is 2.51. The molecule has 0 radical (unpaired) electrons. The minimum absolute atomic E-state index is 0.0956. The number of benzene rings is 8. The van der Waals surface area contributed by atoms with E-state index in [1.165, 1.54) is 70.4 Å². The maximum atomic E-state index is 5.76. The van der Waals surface area contributed by atoms with E-state index in [0.717, 1.165) is 34.0 Å². The molecule has 1 aliphatic carbocycles. The van der Waals surface area contributed by atoms with Crippen LogP contribution >= 0.6 is 0 Å². The standard InChI is InChI=1S/C55H39N3Si/c1-55(2)45-30-16-12-26-39(45)43-35-49-44(34-46(43)55)40-27-13-17-31-47(40)58(49)48-32-18-14-28-41(48)54-56-51(36-20-6-3-7-21-36)53-52(57-54)42-29-15-19-33-50(42)59(53,37-22-8-4-9-23-37)38-24-10-5-11-25-38/h3-35H,1-2H3. The van der Waals surface area contributed by atoms with Crippen molar-refractivity contribution in [2.45, 2.75) is 19.3 Å². The number of rotatable bonds is 5. The van der Waals surface area contributed by atoms with E-state index in [2.05, 4.69) is 219 Å². The number of para-hydroxylation sites is 2. The molecule has 278 valence electrons. The lowest BCUT2D eigenvalue weighted by atomic mass is 9.82. The fourth-order valence-corrected chi connectivity index (χ4v) is 15.8. The SMILES string of the molecule is CC1(C)c2ccccc2-c2cc3c(cc21)c1ccccc1n3-c1ccccc1-c1nc(-c2ccccc2)c2c(n1)-c1ccccc1[Si]2(c1ccccc1)c1ccccc1. The fraction of sp³-hybridized carbons (Fsp3) is 0.0545. The van der Waals surface area contributed by atoms with Crippen LogP contribution in [0.5, 0.6) is 0 Å². The van der Waals surface area contributed by atoms with Gasteiger partial charge in [-0.3, -0.25) is 0 Å². The average molecular weight is 770 g/mol. The zero-order valence-electron chi connectivity index (χ0n) is 32.9. The molecule has 0 saturated carbocycles. The van der Waals surface area contributed by atoms with E-state index in [1.54, 1.807) is 0 Å². The Bertz CT molecular complexity index is 3250. The summed E-state index contributed by atoms with van der Waals surface area (Å²) in [5, 5.41) is 7.75. The van der Waals surface area contributed by atoms with Crippen LogP contribution in [0.1, 0.15) is 25.0 Å². The molecule has 59 heavy (non-hydrogen) atoms. The van der Waals surface area contributed by atoms with Gasteiger partial charge in [0, 0.05) is 38.1 Å². The van der Waals surface area contributed by atoms with Crippen molar-refractivity contribution < 1.29 is 0 Å². The molecule has 3 nitrogen and oxygen atoms in total. The van der Waals surface area contributed by atoms with Crippen LogP contribution in [0.25, 0.3) is 72.5 Å². The van der Waals surface area contributed by atoms with Crippen molar-refractivity contribution in [1.29, 1.82) is 0 Å². The van der Waals surface area contributed by atoms with Crippen LogP contribution in [0.3, 0.4) is 0 Å². The summed E-state index contributed by atoms with van der Waals surface area (Å²) in [6, 6.07) is 73.4. The van der Waals surface area contributed by atoms with Crippen molar-refractivity contribution in [2.75, 3.05) is 0 Å². The summed E-state index contributed by atoms with van der Waals surface area (Å²) in [6.45, 7) is 4.72. The van der Waals surface area contributed by atoms with Crippen molar-refractivity contribution in [3.8, 4) is 50.7 Å². The second-order valence-corrected chi connectivity index (χ2v) is 20.2. The molecule has 2 aromatic heterocycles. The summed E-state index contributed by atoms with van der Waals surface area (Å²) in [5.74, 6) is 0.720. The van der Waals surface area contributed by atoms with Gasteiger partial charge in [0.1, 0.15) is 0 Å². The van der Waals surface area contributed by atoms with Crippen LogP contribution in [0.2, 0.25) is 0 Å². The van der Waals surface area contributed by atoms with E-state index in [1.807, 2.05) is 0 Å². The Morgan fingerprint density at radius 1 is 0.441 bits per heavy atom. The van der Waals surface area contributed by atoms with Crippen molar-refractivity contribution in [3.63, 3.8) is 0 Å². The molecule has 12 rings (SSSR count). The van der Waals surface area contributed by atoms with E-state index in [0.29, 0.717) is 0 Å². The Kier molecular flexibility index (Phi) is 7.29. The zero-order valence-corrected chi connectivity index (χ0v) is 33.9. The number of aromatic nitrogens is 3. The largest absolute Gasteiger partial charge is 0.308 e. The third kappa shape index (κ3) is 4.69. The van der Waals surface area contributed by atoms with E-state index in [4.69, 9.17) is 9.97 Å². The van der Waals surface area contributed by atoms with Crippen LogP contribution < -0.4 is 20.7 Å². The average Bonchev–Trinajstić information content (AvgIpc) is 3.87. The Labute approximate surface area is 345 Å². The summed E-state index contributed by atoms with van der Waals surface area (Å²) in [7, 11) is -2.90. The molecule has 0 fully saturated rings. The Balaban J connectivity index is 1.18. The highest BCUT2D eigenvalue weighted by molar-refractivity contribution is 7.22. The van der Waals surface area contributed by atoms with Gasteiger partial charge < -0.3 is 4.57 Å². The topological polar surface area (TPSA) is 30.7 Å². The molecule has 0 atom stereocenters. The molecule has 0 bridgehead atoms. The van der Waals surface area contributed by atoms with Gasteiger partial charge in [-0.05, 0) is 68.1 Å². The maximum absolute atomic E-state index is 5.76. The molecular weight excluding hydrogens is 731 g/mol. The number of nitrogens with zero attached hydrogens (tertiary/aromatic N) is 3. The van der Waals surface area contributed by atoms with Crippen LogP contribution in [0.4, 0.5) is 0 Å². The number of fused-ring (bicyclic) bond motifs is 9. The van der Waals surface area contributed by atoms with Gasteiger partial charge in [0.25, 0.3) is 0 Å². The van der Waals surface area contributed by atoms with Crippen LogP contribution in [-0.2, 0) is 5.41 Å². The molecule has 0 spiro atoms. The van der Waals surface area contributed by atoms with Gasteiger partial charge in [-0.1, -0.05) is 184 Å². The minimum Gasteiger partial charge on any atom is -0.308 e. The van der Waals surface area contributed by atoms with Gasteiger partial charge in [0.05, 0.1) is 28.1 Å². The van der Waals surface area contributed by atoms with Crippen LogP contribution in [0.15, 0.2) is 200 Å². The van der Waals surface area contributed by atoms with Gasteiger partial charge in [0.2, 0.25) is 0 Å². The molecule has 1 aliphatic heterocycles. The highest BCUT2D eigenvalue weighted by atomic mass is 28.3.